The van der Waals surface area contributed by atoms with Gasteiger partial charge in [0.05, 0.1) is 22.6 Å². The number of ketones is 1. The van der Waals surface area contributed by atoms with Gasteiger partial charge in [0.1, 0.15) is 6.04 Å². The maximum absolute atomic E-state index is 12.7. The van der Waals surface area contributed by atoms with Crippen molar-refractivity contribution in [2.45, 2.75) is 51.4 Å². The Kier molecular flexibility index (Phi) is 5.56. The van der Waals surface area contributed by atoms with Gasteiger partial charge in [-0.05, 0) is 34.1 Å². The zero-order chi connectivity index (χ0) is 20.6. The van der Waals surface area contributed by atoms with Crippen LogP contribution < -0.4 is 0 Å². The van der Waals surface area contributed by atoms with Gasteiger partial charge in [-0.15, -0.1) is 11.8 Å². The third-order valence-corrected chi connectivity index (χ3v) is 6.70. The third-order valence-electron chi connectivity index (χ3n) is 5.20. The van der Waals surface area contributed by atoms with E-state index in [9.17, 15) is 19.2 Å². The van der Waals surface area contributed by atoms with Gasteiger partial charge in [-0.25, -0.2) is 9.59 Å². The summed E-state index contributed by atoms with van der Waals surface area (Å²) >= 11 is 1.56. The molecule has 2 aliphatic rings. The summed E-state index contributed by atoms with van der Waals surface area (Å²) < 4.78 is 10.3. The van der Waals surface area contributed by atoms with Crippen LogP contribution in [-0.2, 0) is 19.1 Å². The second kappa shape index (κ2) is 7.62. The second-order valence-electron chi connectivity index (χ2n) is 7.14. The van der Waals surface area contributed by atoms with E-state index < -0.39 is 30.4 Å². The van der Waals surface area contributed by atoms with E-state index in [1.165, 1.54) is 0 Å². The average molecular weight is 408 g/mol. The molecule has 0 radical (unpaired) electrons. The van der Waals surface area contributed by atoms with Gasteiger partial charge in [0.15, 0.2) is 6.61 Å². The lowest BCUT2D eigenvalue weighted by atomic mass is 10.1. The number of ether oxygens (including phenoxy) is 2. The maximum Gasteiger partial charge on any atom is 0.340 e. The van der Waals surface area contributed by atoms with E-state index in [-0.39, 0.29) is 28.5 Å². The van der Waals surface area contributed by atoms with E-state index in [1.807, 2.05) is 6.92 Å². The van der Waals surface area contributed by atoms with Crippen LogP contribution in [0.3, 0.4) is 0 Å². The molecule has 2 fully saturated rings. The number of nitrogens with zero attached hydrogens (tertiary/aromatic N) is 1. The first-order chi connectivity index (χ1) is 13.2. The fraction of sp³-hybridized carbons (Fsp3) is 0.579. The van der Waals surface area contributed by atoms with E-state index >= 15 is 0 Å². The molecule has 0 spiro atoms. The van der Waals surface area contributed by atoms with Crippen molar-refractivity contribution >= 4 is 35.4 Å². The number of aryl methyl sites for hydroxylation is 2. The van der Waals surface area contributed by atoms with Crippen molar-refractivity contribution in [3.05, 3.63) is 22.5 Å². The van der Waals surface area contributed by atoms with Crippen LogP contribution in [-0.4, -0.2) is 63.4 Å². The maximum atomic E-state index is 12.7. The Morgan fingerprint density at radius 3 is 2.57 bits per heavy atom. The Balaban J connectivity index is 1.71. The minimum Gasteiger partial charge on any atom is -0.462 e. The molecular formula is C19H24N2O6S. The summed E-state index contributed by atoms with van der Waals surface area (Å²) in [5, 5.41) is 0. The number of fused-ring (bicyclic) bond motifs is 1. The molecule has 28 heavy (non-hydrogen) atoms. The zero-order valence-electron chi connectivity index (χ0n) is 16.4. The number of thioether (sulfide) groups is 1. The Labute approximate surface area is 167 Å². The summed E-state index contributed by atoms with van der Waals surface area (Å²) in [6.45, 7) is 6.67. The number of esters is 2. The van der Waals surface area contributed by atoms with Gasteiger partial charge >= 0.3 is 11.9 Å². The fourth-order valence-electron chi connectivity index (χ4n) is 3.89. The van der Waals surface area contributed by atoms with Gasteiger partial charge in [-0.1, -0.05) is 0 Å². The molecule has 3 heterocycles. The molecule has 3 rings (SSSR count). The molecule has 0 aliphatic carbocycles. The predicted octanol–water partition coefficient (Wildman–Crippen LogP) is 1.99. The van der Waals surface area contributed by atoms with Crippen molar-refractivity contribution in [2.24, 2.45) is 0 Å². The average Bonchev–Trinajstić information content (AvgIpc) is 3.23. The number of carbonyl (C=O) groups excluding carboxylic acids is 4. The molecule has 152 valence electrons. The molecule has 0 bridgehead atoms. The third kappa shape index (κ3) is 3.43. The Morgan fingerprint density at radius 1 is 1.21 bits per heavy atom. The minimum absolute atomic E-state index is 0.0672. The number of H-pyrrole nitrogens is 1. The van der Waals surface area contributed by atoms with Crippen LogP contribution in [0.5, 0.6) is 0 Å². The van der Waals surface area contributed by atoms with Crippen molar-refractivity contribution < 1.29 is 28.7 Å². The lowest BCUT2D eigenvalue weighted by Crippen LogP contribution is -2.46. The highest BCUT2D eigenvalue weighted by Crippen LogP contribution is 2.47. The normalized spacial score (nSPS) is 23.6. The number of hydrogen-bond donors (Lipinski definition) is 1. The van der Waals surface area contributed by atoms with E-state index in [0.717, 1.165) is 0 Å². The van der Waals surface area contributed by atoms with Crippen LogP contribution >= 0.6 is 11.8 Å². The van der Waals surface area contributed by atoms with Crippen molar-refractivity contribution in [2.75, 3.05) is 19.0 Å². The van der Waals surface area contributed by atoms with Crippen molar-refractivity contribution in [1.29, 1.82) is 0 Å². The number of aromatic amines is 1. The van der Waals surface area contributed by atoms with Crippen molar-refractivity contribution in [1.82, 2.24) is 9.88 Å². The zero-order valence-corrected chi connectivity index (χ0v) is 17.2. The van der Waals surface area contributed by atoms with E-state index in [0.29, 0.717) is 30.0 Å². The van der Waals surface area contributed by atoms with Crippen LogP contribution in [0.25, 0.3) is 0 Å². The predicted molar refractivity (Wildman–Crippen MR) is 102 cm³/mol. The number of carbonyl (C=O) groups is 4. The lowest BCUT2D eigenvalue weighted by Gasteiger charge is -2.29. The monoisotopic (exact) mass is 408 g/mol. The van der Waals surface area contributed by atoms with Gasteiger partial charge in [-0.2, -0.15) is 0 Å². The summed E-state index contributed by atoms with van der Waals surface area (Å²) in [7, 11) is 0. The molecule has 1 aromatic rings. The standard InChI is InChI=1S/C19H24N2O6S/c1-5-26-18(25)16-11(3)20-10(2)15(16)13(22)8-27-17(24)12-9-28-19(4)7-6-14(23)21(12)19/h12,20H,5-9H2,1-4H3/t12-,19+/m0/s1. The minimum atomic E-state index is -0.684. The molecule has 8 nitrogen and oxygen atoms in total. The first kappa shape index (κ1) is 20.4. The largest absolute Gasteiger partial charge is 0.462 e. The molecule has 1 aromatic heterocycles. The Hall–Kier alpha value is -2.29. The van der Waals surface area contributed by atoms with Gasteiger partial charge in [0.2, 0.25) is 11.7 Å². The van der Waals surface area contributed by atoms with Crippen LogP contribution in [0.1, 0.15) is 58.8 Å². The Morgan fingerprint density at radius 2 is 1.89 bits per heavy atom. The summed E-state index contributed by atoms with van der Waals surface area (Å²) in [4.78, 5) is 53.7. The second-order valence-corrected chi connectivity index (χ2v) is 8.64. The van der Waals surface area contributed by atoms with Crippen molar-refractivity contribution in [3.63, 3.8) is 0 Å². The van der Waals surface area contributed by atoms with Crippen LogP contribution in [0.15, 0.2) is 0 Å². The van der Waals surface area contributed by atoms with Gasteiger partial charge in [0, 0.05) is 23.6 Å². The number of hydrogen-bond acceptors (Lipinski definition) is 7. The summed E-state index contributed by atoms with van der Waals surface area (Å²) in [5.41, 5.74) is 1.38. The topological polar surface area (TPSA) is 106 Å². The van der Waals surface area contributed by atoms with Gasteiger partial charge in [-0.3, -0.25) is 9.59 Å². The number of nitrogens with one attached hydrogen (secondary N) is 1. The molecule has 1 amide bonds. The fourth-order valence-corrected chi connectivity index (χ4v) is 5.31. The SMILES string of the molecule is CCOC(=O)c1c(C)[nH]c(C)c1C(=O)COC(=O)[C@@H]1CS[C@]2(C)CCC(=O)N12. The van der Waals surface area contributed by atoms with Crippen LogP contribution in [0.4, 0.5) is 0 Å². The first-order valence-corrected chi connectivity index (χ1v) is 10.2. The molecule has 0 saturated carbocycles. The molecule has 0 unspecified atom stereocenters. The van der Waals surface area contributed by atoms with Crippen LogP contribution in [0.2, 0.25) is 0 Å². The van der Waals surface area contributed by atoms with E-state index in [1.54, 1.807) is 37.4 Å². The smallest absolute Gasteiger partial charge is 0.340 e. The van der Waals surface area contributed by atoms with Crippen LogP contribution in [0, 0.1) is 13.8 Å². The Bertz CT molecular complexity index is 848. The first-order valence-electron chi connectivity index (χ1n) is 9.21. The number of rotatable bonds is 6. The number of Topliss-reactive ketones (excluding diaryl/α,β-unsaturated/α-hetero) is 1. The molecule has 9 heteroatoms. The van der Waals surface area contributed by atoms with E-state index in [2.05, 4.69) is 4.98 Å². The summed E-state index contributed by atoms with van der Waals surface area (Å²) in [5.74, 6) is -1.29. The highest BCUT2D eigenvalue weighted by Gasteiger charge is 2.53. The number of aromatic nitrogens is 1. The molecule has 2 atom stereocenters. The number of amides is 1. The van der Waals surface area contributed by atoms with Crippen molar-refractivity contribution in [3.8, 4) is 0 Å². The highest BCUT2D eigenvalue weighted by molar-refractivity contribution is 8.01. The molecular weight excluding hydrogens is 384 g/mol. The summed E-state index contributed by atoms with van der Waals surface area (Å²) in [6, 6.07) is -0.684. The van der Waals surface area contributed by atoms with Gasteiger partial charge < -0.3 is 19.4 Å². The lowest BCUT2D eigenvalue weighted by molar-refractivity contribution is -0.152. The molecule has 1 N–H and O–H groups in total. The molecule has 2 aliphatic heterocycles. The van der Waals surface area contributed by atoms with E-state index in [4.69, 9.17) is 9.47 Å². The van der Waals surface area contributed by atoms with Gasteiger partial charge in [0.25, 0.3) is 0 Å². The summed E-state index contributed by atoms with van der Waals surface area (Å²) in [6.07, 6.45) is 1.11. The highest BCUT2D eigenvalue weighted by atomic mass is 32.2. The molecule has 0 aromatic carbocycles. The quantitative estimate of drug-likeness (QED) is 0.567. The molecule has 2 saturated heterocycles.